The first kappa shape index (κ1) is 33.5. The van der Waals surface area contributed by atoms with Crippen molar-refractivity contribution < 1.29 is 14.6 Å². The largest absolute Gasteiger partial charge is 0.497 e. The zero-order chi connectivity index (χ0) is 24.0. The first-order chi connectivity index (χ1) is 16.5. The van der Waals surface area contributed by atoms with Crippen molar-refractivity contribution in [1.82, 2.24) is 14.9 Å². The van der Waals surface area contributed by atoms with Crippen molar-refractivity contribution in [3.63, 3.8) is 0 Å². The minimum Gasteiger partial charge on any atom is -0.497 e. The molecule has 204 valence electrons. The number of hydrogen-bond acceptors (Lipinski definition) is 6. The second-order valence-corrected chi connectivity index (χ2v) is 10.3. The Morgan fingerprint density at radius 3 is 2.57 bits per heavy atom. The van der Waals surface area contributed by atoms with Crippen molar-refractivity contribution in [2.45, 2.75) is 37.1 Å². The van der Waals surface area contributed by atoms with Crippen LogP contribution in [0.25, 0.3) is 10.9 Å². The summed E-state index contributed by atoms with van der Waals surface area (Å²) in [6.45, 7) is 2.56. The Labute approximate surface area is 246 Å². The molecule has 0 amide bonds. The average Bonchev–Trinajstić information content (AvgIpc) is 2.86. The van der Waals surface area contributed by atoms with Gasteiger partial charge in [0.05, 0.1) is 28.1 Å². The lowest BCUT2D eigenvalue weighted by Gasteiger charge is -2.39. The Hall–Kier alpha value is -1.48. The van der Waals surface area contributed by atoms with Crippen LogP contribution in [0, 0.1) is 5.41 Å². The highest BCUT2D eigenvalue weighted by Gasteiger charge is 2.40. The minimum atomic E-state index is -0.678. The van der Waals surface area contributed by atoms with E-state index in [1.807, 2.05) is 42.6 Å². The molecule has 37 heavy (non-hydrogen) atoms. The second kappa shape index (κ2) is 15.8. The third kappa shape index (κ3) is 8.50. The van der Waals surface area contributed by atoms with Crippen LogP contribution < -0.4 is 4.74 Å². The Morgan fingerprint density at radius 2 is 1.92 bits per heavy atom. The molecule has 4 rings (SSSR count). The summed E-state index contributed by atoms with van der Waals surface area (Å²) in [5.41, 5.74) is 1.21. The maximum Gasteiger partial charge on any atom is 0.309 e. The van der Waals surface area contributed by atoms with Gasteiger partial charge in [-0.15, -0.1) is 49.0 Å². The predicted octanol–water partition coefficient (Wildman–Crippen LogP) is 6.84. The van der Waals surface area contributed by atoms with Gasteiger partial charge in [-0.2, -0.15) is 0 Å². The first-order valence-corrected chi connectivity index (χ1v) is 13.0. The lowest BCUT2D eigenvalue weighted by Crippen LogP contribution is -2.45. The Bertz CT molecular complexity index is 1130. The number of thioether (sulfide) groups is 1. The van der Waals surface area contributed by atoms with Crippen LogP contribution in [0.1, 0.15) is 31.2 Å². The van der Waals surface area contributed by atoms with E-state index in [2.05, 4.69) is 14.9 Å². The van der Waals surface area contributed by atoms with Gasteiger partial charge in [0, 0.05) is 30.1 Å². The van der Waals surface area contributed by atoms with Crippen LogP contribution in [-0.4, -0.2) is 58.4 Å². The van der Waals surface area contributed by atoms with Crippen molar-refractivity contribution in [2.24, 2.45) is 5.41 Å². The van der Waals surface area contributed by atoms with Crippen LogP contribution in [0.4, 0.5) is 0 Å². The fraction of sp³-hybridized carbons (Fsp3) is 0.423. The molecule has 11 heteroatoms. The zero-order valence-corrected chi connectivity index (χ0v) is 24.6. The number of carboxylic acid groups (broad SMARTS) is 1. The number of hydrogen-bond donors (Lipinski definition) is 1. The van der Waals surface area contributed by atoms with Crippen LogP contribution >= 0.6 is 60.6 Å². The number of pyridine rings is 2. The minimum absolute atomic E-state index is 0. The molecule has 1 fully saturated rings. The maximum atomic E-state index is 12.3. The molecule has 1 saturated heterocycles. The monoisotopic (exact) mass is 607 g/mol. The summed E-state index contributed by atoms with van der Waals surface area (Å²) >= 11 is 8.24. The number of nitrogens with zero attached hydrogens (tertiary/aromatic N) is 3. The molecule has 0 radical (unpaired) electrons. The van der Waals surface area contributed by atoms with Crippen molar-refractivity contribution in [3.8, 4) is 5.75 Å². The van der Waals surface area contributed by atoms with E-state index < -0.39 is 11.4 Å². The van der Waals surface area contributed by atoms with Gasteiger partial charge in [-0.1, -0.05) is 17.7 Å². The van der Waals surface area contributed by atoms with Gasteiger partial charge in [0.15, 0.2) is 0 Å². The molecule has 1 N–H and O–H groups in total. The number of rotatable bonds is 10. The van der Waals surface area contributed by atoms with Gasteiger partial charge in [0.2, 0.25) is 0 Å². The number of likely N-dealkylation sites (tertiary alicyclic amines) is 1. The van der Waals surface area contributed by atoms with E-state index >= 15 is 0 Å². The summed E-state index contributed by atoms with van der Waals surface area (Å²) in [6, 6.07) is 11.7. The predicted molar refractivity (Wildman–Crippen MR) is 159 cm³/mol. The summed E-state index contributed by atoms with van der Waals surface area (Å²) in [6.07, 6.45) is 6.96. The number of methoxy groups -OCH3 is 1. The number of aryl methyl sites for hydroxylation is 1. The van der Waals surface area contributed by atoms with Crippen LogP contribution in [-0.2, 0) is 11.2 Å². The molecule has 2 aromatic heterocycles. The Kier molecular flexibility index (Phi) is 14.3. The van der Waals surface area contributed by atoms with Gasteiger partial charge in [0.1, 0.15) is 5.75 Å². The number of halogens is 4. The molecule has 1 aromatic carbocycles. The molecule has 0 bridgehead atoms. The third-order valence-corrected chi connectivity index (χ3v) is 8.03. The van der Waals surface area contributed by atoms with Gasteiger partial charge in [-0.05, 0) is 81.1 Å². The maximum absolute atomic E-state index is 12.3. The van der Waals surface area contributed by atoms with E-state index in [0.29, 0.717) is 30.7 Å². The van der Waals surface area contributed by atoms with Gasteiger partial charge in [0.25, 0.3) is 0 Å². The van der Waals surface area contributed by atoms with Crippen molar-refractivity contribution in [2.75, 3.05) is 32.5 Å². The number of benzene rings is 1. The lowest BCUT2D eigenvalue weighted by molar-refractivity contribution is -0.152. The van der Waals surface area contributed by atoms with Crippen LogP contribution in [0.5, 0.6) is 5.75 Å². The number of ether oxygens (including phenoxy) is 1. The molecular weight excluding hydrogens is 576 g/mol. The SMILES string of the molecule is COc1ccc2ncc(Cl)c(CCCC3(C(=O)O)CCN(CCSc4ccccn4)CC3)c2c1.Cl.Cl.Cl. The quantitative estimate of drug-likeness (QED) is 0.253. The molecule has 3 aromatic rings. The first-order valence-electron chi connectivity index (χ1n) is 11.6. The van der Waals surface area contributed by atoms with Crippen molar-refractivity contribution in [1.29, 1.82) is 0 Å². The third-order valence-electron chi connectivity index (χ3n) is 6.78. The highest BCUT2D eigenvalue weighted by molar-refractivity contribution is 7.99. The standard InChI is InChI=1S/C26H30ClN3O3S.3ClH/c1-33-19-7-8-23-21(17-19)20(22(27)18-29-23)5-4-9-26(25(31)32)10-13-30(14-11-26)15-16-34-24-6-2-3-12-28-24;;;/h2-3,6-8,12,17-18H,4-5,9-11,13-16H2,1H3,(H,31,32);3*1H. The molecule has 1 aliphatic heterocycles. The van der Waals surface area contributed by atoms with E-state index in [9.17, 15) is 9.90 Å². The molecule has 6 nitrogen and oxygen atoms in total. The highest BCUT2D eigenvalue weighted by Crippen LogP contribution is 2.38. The van der Waals surface area contributed by atoms with E-state index in [0.717, 1.165) is 59.0 Å². The normalized spacial score (nSPS) is 14.6. The summed E-state index contributed by atoms with van der Waals surface area (Å²) < 4.78 is 5.37. The Balaban J connectivity index is 0.00000228. The van der Waals surface area contributed by atoms with Gasteiger partial charge < -0.3 is 14.7 Å². The zero-order valence-electron chi connectivity index (χ0n) is 20.6. The number of aromatic nitrogens is 2. The molecule has 0 saturated carbocycles. The lowest BCUT2D eigenvalue weighted by atomic mass is 9.74. The summed E-state index contributed by atoms with van der Waals surface area (Å²) in [4.78, 5) is 23.4. The summed E-state index contributed by atoms with van der Waals surface area (Å²) in [5.74, 6) is 1.03. The summed E-state index contributed by atoms with van der Waals surface area (Å²) in [7, 11) is 1.64. The highest BCUT2D eigenvalue weighted by atomic mass is 35.5. The number of carboxylic acids is 1. The van der Waals surface area contributed by atoms with E-state index in [1.54, 1.807) is 25.1 Å². The second-order valence-electron chi connectivity index (χ2n) is 8.76. The fourth-order valence-electron chi connectivity index (χ4n) is 4.67. The van der Waals surface area contributed by atoms with E-state index in [1.165, 1.54) is 0 Å². The van der Waals surface area contributed by atoms with Crippen LogP contribution in [0.2, 0.25) is 5.02 Å². The number of fused-ring (bicyclic) bond motifs is 1. The smallest absolute Gasteiger partial charge is 0.309 e. The van der Waals surface area contributed by atoms with Gasteiger partial charge >= 0.3 is 5.97 Å². The summed E-state index contributed by atoms with van der Waals surface area (Å²) in [5, 5.41) is 12.7. The molecule has 0 atom stereocenters. The van der Waals surface area contributed by atoms with E-state index in [4.69, 9.17) is 16.3 Å². The average molecular weight is 609 g/mol. The molecule has 3 heterocycles. The van der Waals surface area contributed by atoms with Crippen LogP contribution in [0.15, 0.2) is 53.8 Å². The molecule has 0 spiro atoms. The number of carbonyl (C=O) groups is 1. The number of aliphatic carboxylic acids is 1. The van der Waals surface area contributed by atoms with Gasteiger partial charge in [-0.3, -0.25) is 9.78 Å². The fourth-order valence-corrected chi connectivity index (χ4v) is 5.79. The van der Waals surface area contributed by atoms with Crippen molar-refractivity contribution in [3.05, 3.63) is 59.4 Å². The molecule has 1 aliphatic rings. The Morgan fingerprint density at radius 1 is 1.16 bits per heavy atom. The van der Waals surface area contributed by atoms with Crippen LogP contribution in [0.3, 0.4) is 0 Å². The molecular formula is C26H33Cl4N3O3S. The van der Waals surface area contributed by atoms with Crippen molar-refractivity contribution >= 4 is 77.5 Å². The number of piperidine rings is 1. The van der Waals surface area contributed by atoms with Gasteiger partial charge in [-0.25, -0.2) is 4.98 Å². The van der Waals surface area contributed by atoms with E-state index in [-0.39, 0.29) is 37.2 Å². The molecule has 0 unspecified atom stereocenters. The topological polar surface area (TPSA) is 75.6 Å². The molecule has 0 aliphatic carbocycles.